The standard InChI is InChI=1S/C10H5BrF2N2O2/c11-5-3-6(12)9(7(13)4-5)14-10(16)8-1-2-17-15-8/h1-4H,(H,14,16). The molecule has 0 saturated carbocycles. The van der Waals surface area contributed by atoms with Crippen LogP contribution in [0, 0.1) is 11.6 Å². The Morgan fingerprint density at radius 2 is 2.00 bits per heavy atom. The van der Waals surface area contributed by atoms with Crippen LogP contribution < -0.4 is 5.32 Å². The molecule has 0 aliphatic heterocycles. The number of nitrogens with zero attached hydrogens (tertiary/aromatic N) is 1. The van der Waals surface area contributed by atoms with E-state index < -0.39 is 23.2 Å². The summed E-state index contributed by atoms with van der Waals surface area (Å²) in [6, 6.07) is 3.37. The zero-order chi connectivity index (χ0) is 12.4. The Morgan fingerprint density at radius 1 is 1.35 bits per heavy atom. The van der Waals surface area contributed by atoms with E-state index in [1.165, 1.54) is 12.3 Å². The van der Waals surface area contributed by atoms with Crippen molar-refractivity contribution in [2.75, 3.05) is 5.32 Å². The minimum absolute atomic E-state index is 0.0632. The molecule has 17 heavy (non-hydrogen) atoms. The van der Waals surface area contributed by atoms with Gasteiger partial charge in [0.25, 0.3) is 5.91 Å². The number of benzene rings is 1. The van der Waals surface area contributed by atoms with E-state index in [0.717, 1.165) is 12.1 Å². The molecule has 1 aromatic carbocycles. The average molecular weight is 303 g/mol. The highest BCUT2D eigenvalue weighted by Gasteiger charge is 2.16. The molecule has 2 aromatic rings. The van der Waals surface area contributed by atoms with E-state index in [4.69, 9.17) is 0 Å². The van der Waals surface area contributed by atoms with Gasteiger partial charge >= 0.3 is 0 Å². The molecule has 2 rings (SSSR count). The summed E-state index contributed by atoms with van der Waals surface area (Å²) in [4.78, 5) is 11.5. The van der Waals surface area contributed by atoms with Crippen LogP contribution in [0.25, 0.3) is 0 Å². The molecule has 4 nitrogen and oxygen atoms in total. The van der Waals surface area contributed by atoms with E-state index in [1.54, 1.807) is 0 Å². The number of amides is 1. The van der Waals surface area contributed by atoms with Gasteiger partial charge in [-0.3, -0.25) is 4.79 Å². The van der Waals surface area contributed by atoms with Gasteiger partial charge in [0.15, 0.2) is 17.3 Å². The van der Waals surface area contributed by atoms with Gasteiger partial charge < -0.3 is 9.84 Å². The summed E-state index contributed by atoms with van der Waals surface area (Å²) in [6.07, 6.45) is 1.18. The highest BCUT2D eigenvalue weighted by atomic mass is 79.9. The number of aromatic nitrogens is 1. The molecule has 0 bridgehead atoms. The fourth-order valence-corrected chi connectivity index (χ4v) is 1.57. The Kier molecular flexibility index (Phi) is 3.19. The number of anilines is 1. The van der Waals surface area contributed by atoms with E-state index in [1.807, 2.05) is 0 Å². The van der Waals surface area contributed by atoms with E-state index in [-0.39, 0.29) is 10.2 Å². The summed E-state index contributed by atoms with van der Waals surface area (Å²) >= 11 is 2.93. The maximum atomic E-state index is 13.4. The first-order valence-electron chi connectivity index (χ1n) is 4.44. The first kappa shape index (κ1) is 11.7. The lowest BCUT2D eigenvalue weighted by molar-refractivity contribution is 0.101. The zero-order valence-electron chi connectivity index (χ0n) is 8.21. The molecule has 1 heterocycles. The molecule has 1 amide bonds. The van der Waals surface area contributed by atoms with Crippen LogP contribution in [0.5, 0.6) is 0 Å². The lowest BCUT2D eigenvalue weighted by atomic mass is 10.2. The first-order chi connectivity index (χ1) is 8.08. The maximum absolute atomic E-state index is 13.4. The molecule has 0 atom stereocenters. The van der Waals surface area contributed by atoms with Gasteiger partial charge in [-0.15, -0.1) is 0 Å². The molecule has 1 N–H and O–H groups in total. The minimum Gasteiger partial charge on any atom is -0.364 e. The Hall–Kier alpha value is -1.76. The monoisotopic (exact) mass is 302 g/mol. The van der Waals surface area contributed by atoms with Crippen LogP contribution in [0.4, 0.5) is 14.5 Å². The van der Waals surface area contributed by atoms with Crippen molar-refractivity contribution in [2.24, 2.45) is 0 Å². The van der Waals surface area contributed by atoms with Crippen molar-refractivity contribution < 1.29 is 18.1 Å². The Morgan fingerprint density at radius 3 is 2.53 bits per heavy atom. The summed E-state index contributed by atoms with van der Waals surface area (Å²) in [6.45, 7) is 0. The molecule has 0 aliphatic carbocycles. The number of hydrogen-bond acceptors (Lipinski definition) is 3. The molecule has 0 radical (unpaired) electrons. The normalized spacial score (nSPS) is 10.3. The second-order valence-electron chi connectivity index (χ2n) is 3.08. The Balaban J connectivity index is 2.28. The lowest BCUT2D eigenvalue weighted by Crippen LogP contribution is -2.14. The number of nitrogens with one attached hydrogen (secondary N) is 1. The summed E-state index contributed by atoms with van der Waals surface area (Å²) in [5, 5.41) is 5.42. The minimum atomic E-state index is -0.881. The second-order valence-corrected chi connectivity index (χ2v) is 4.00. The predicted molar refractivity (Wildman–Crippen MR) is 58.5 cm³/mol. The molecule has 0 aliphatic rings. The second kappa shape index (κ2) is 4.62. The summed E-state index contributed by atoms with van der Waals surface area (Å²) in [7, 11) is 0. The van der Waals surface area contributed by atoms with Gasteiger partial charge in [-0.1, -0.05) is 21.1 Å². The quantitative estimate of drug-likeness (QED) is 0.928. The van der Waals surface area contributed by atoms with E-state index >= 15 is 0 Å². The SMILES string of the molecule is O=C(Nc1c(F)cc(Br)cc1F)c1ccon1. The van der Waals surface area contributed by atoms with Gasteiger partial charge in [0.2, 0.25) is 0 Å². The van der Waals surface area contributed by atoms with Crippen molar-refractivity contribution in [1.82, 2.24) is 5.16 Å². The van der Waals surface area contributed by atoms with Crippen LogP contribution in [-0.2, 0) is 0 Å². The van der Waals surface area contributed by atoms with Crippen molar-refractivity contribution >= 4 is 27.5 Å². The first-order valence-corrected chi connectivity index (χ1v) is 5.23. The lowest BCUT2D eigenvalue weighted by Gasteiger charge is -2.06. The number of halogens is 3. The third kappa shape index (κ3) is 2.50. The van der Waals surface area contributed by atoms with Crippen molar-refractivity contribution in [2.45, 2.75) is 0 Å². The van der Waals surface area contributed by atoms with Gasteiger partial charge in [-0.25, -0.2) is 8.78 Å². The maximum Gasteiger partial charge on any atom is 0.277 e. The largest absolute Gasteiger partial charge is 0.364 e. The fourth-order valence-electron chi connectivity index (χ4n) is 1.17. The van der Waals surface area contributed by atoms with E-state index in [9.17, 15) is 13.6 Å². The number of carbonyl (C=O) groups excluding carboxylic acids is 1. The predicted octanol–water partition coefficient (Wildman–Crippen LogP) is 2.97. The van der Waals surface area contributed by atoms with Crippen molar-refractivity contribution in [3.05, 3.63) is 46.3 Å². The molecule has 0 saturated heterocycles. The average Bonchev–Trinajstić information content (AvgIpc) is 2.76. The van der Waals surface area contributed by atoms with Gasteiger partial charge in [0, 0.05) is 10.5 Å². The van der Waals surface area contributed by atoms with Gasteiger partial charge in [-0.05, 0) is 12.1 Å². The van der Waals surface area contributed by atoms with Crippen LogP contribution in [0.2, 0.25) is 0 Å². The van der Waals surface area contributed by atoms with Crippen LogP contribution in [-0.4, -0.2) is 11.1 Å². The summed E-state index contributed by atoms with van der Waals surface area (Å²) in [5.41, 5.74) is -0.590. The highest BCUT2D eigenvalue weighted by molar-refractivity contribution is 9.10. The molecule has 0 spiro atoms. The van der Waals surface area contributed by atoms with Crippen molar-refractivity contribution in [3.63, 3.8) is 0 Å². The van der Waals surface area contributed by atoms with Crippen LogP contribution in [0.15, 0.2) is 33.5 Å². The third-order valence-electron chi connectivity index (χ3n) is 1.92. The fraction of sp³-hybridized carbons (Fsp3) is 0. The van der Waals surface area contributed by atoms with Gasteiger partial charge in [0.1, 0.15) is 12.0 Å². The van der Waals surface area contributed by atoms with Crippen molar-refractivity contribution in [3.8, 4) is 0 Å². The highest BCUT2D eigenvalue weighted by Crippen LogP contribution is 2.24. The van der Waals surface area contributed by atoms with Crippen LogP contribution in [0.1, 0.15) is 10.5 Å². The summed E-state index contributed by atoms with van der Waals surface area (Å²) in [5.74, 6) is -2.51. The van der Waals surface area contributed by atoms with Crippen LogP contribution in [0.3, 0.4) is 0 Å². The molecule has 1 aromatic heterocycles. The Bertz CT molecular complexity index is 534. The topological polar surface area (TPSA) is 55.1 Å². The van der Waals surface area contributed by atoms with Crippen molar-refractivity contribution in [1.29, 1.82) is 0 Å². The molecule has 7 heteroatoms. The smallest absolute Gasteiger partial charge is 0.277 e. The van der Waals surface area contributed by atoms with E-state index in [2.05, 4.69) is 30.9 Å². The number of carbonyl (C=O) groups is 1. The summed E-state index contributed by atoms with van der Waals surface area (Å²) < 4.78 is 31.5. The molecular formula is C10H5BrF2N2O2. The molecule has 0 fully saturated rings. The molecular weight excluding hydrogens is 298 g/mol. The Labute approximate surface area is 103 Å². The third-order valence-corrected chi connectivity index (χ3v) is 2.37. The van der Waals surface area contributed by atoms with Crippen LogP contribution >= 0.6 is 15.9 Å². The van der Waals surface area contributed by atoms with E-state index in [0.29, 0.717) is 0 Å². The number of hydrogen-bond donors (Lipinski definition) is 1. The van der Waals surface area contributed by atoms with Gasteiger partial charge in [-0.2, -0.15) is 0 Å². The van der Waals surface area contributed by atoms with Gasteiger partial charge in [0.05, 0.1) is 0 Å². The molecule has 88 valence electrons. The number of rotatable bonds is 2. The molecule has 0 unspecified atom stereocenters. The zero-order valence-corrected chi connectivity index (χ0v) is 9.79.